The van der Waals surface area contributed by atoms with Crippen molar-refractivity contribution in [3.8, 4) is 5.75 Å². The van der Waals surface area contributed by atoms with Crippen LogP contribution in [0.2, 0.25) is 0 Å². The first-order chi connectivity index (χ1) is 13.8. The van der Waals surface area contributed by atoms with E-state index < -0.39 is 21.6 Å². The van der Waals surface area contributed by atoms with Crippen LogP contribution in [0.5, 0.6) is 5.75 Å². The fraction of sp³-hybridized carbons (Fsp3) is 0.150. The van der Waals surface area contributed by atoms with Crippen LogP contribution in [0.1, 0.15) is 22.8 Å². The normalized spacial score (nSPS) is 16.2. The Morgan fingerprint density at radius 1 is 1.21 bits per heavy atom. The second kappa shape index (κ2) is 7.55. The Morgan fingerprint density at radius 3 is 2.62 bits per heavy atom. The third-order valence-corrected chi connectivity index (χ3v) is 8.28. The van der Waals surface area contributed by atoms with Crippen LogP contribution in [0, 0.1) is 5.82 Å². The van der Waals surface area contributed by atoms with E-state index >= 15 is 0 Å². The van der Waals surface area contributed by atoms with Crippen molar-refractivity contribution in [1.82, 2.24) is 0 Å². The molecule has 29 heavy (non-hydrogen) atoms. The summed E-state index contributed by atoms with van der Waals surface area (Å²) in [6, 6.07) is 10.6. The fourth-order valence-electron chi connectivity index (χ4n) is 3.32. The first kappa shape index (κ1) is 20.1. The number of ether oxygens (including phenoxy) is 1. The number of carbonyl (C=O) groups is 1. The minimum absolute atomic E-state index is 0.0103. The zero-order chi connectivity index (χ0) is 20.8. The lowest BCUT2D eigenvalue weighted by Crippen LogP contribution is -2.24. The predicted octanol–water partition coefficient (Wildman–Crippen LogP) is 4.97. The van der Waals surface area contributed by atoms with Crippen LogP contribution in [0.15, 0.2) is 62.1 Å². The number of rotatable bonds is 4. The van der Waals surface area contributed by atoms with Crippen molar-refractivity contribution in [2.45, 2.75) is 22.1 Å². The van der Waals surface area contributed by atoms with Gasteiger partial charge in [0.25, 0.3) is 0 Å². The molecule has 0 spiro atoms. The second-order valence-electron chi connectivity index (χ2n) is 6.49. The number of anilines is 1. The van der Waals surface area contributed by atoms with Crippen molar-refractivity contribution >= 4 is 48.7 Å². The van der Waals surface area contributed by atoms with Gasteiger partial charge in [-0.1, -0.05) is 15.9 Å². The summed E-state index contributed by atoms with van der Waals surface area (Å²) in [5, 5.41) is 4.17. The maximum absolute atomic E-state index is 14.5. The zero-order valence-electron chi connectivity index (χ0n) is 15.1. The van der Waals surface area contributed by atoms with Gasteiger partial charge < -0.3 is 10.1 Å². The largest absolute Gasteiger partial charge is 0.497 e. The van der Waals surface area contributed by atoms with Gasteiger partial charge in [-0.3, -0.25) is 4.79 Å². The molecule has 1 amide bonds. The number of hydrogen-bond acceptors (Lipinski definition) is 5. The number of methoxy groups -OCH3 is 1. The Hall–Kier alpha value is -2.23. The summed E-state index contributed by atoms with van der Waals surface area (Å²) < 4.78 is 46.6. The molecule has 4 rings (SSSR count). The van der Waals surface area contributed by atoms with E-state index in [9.17, 15) is 17.6 Å². The third-order valence-electron chi connectivity index (χ3n) is 4.75. The molecule has 1 aliphatic heterocycles. The van der Waals surface area contributed by atoms with Crippen LogP contribution in [0.4, 0.5) is 10.1 Å². The van der Waals surface area contributed by atoms with Crippen molar-refractivity contribution in [3.05, 3.63) is 68.6 Å². The summed E-state index contributed by atoms with van der Waals surface area (Å²) in [7, 11) is -2.38. The van der Waals surface area contributed by atoms with E-state index in [-0.39, 0.29) is 27.8 Å². The third kappa shape index (κ3) is 3.58. The molecule has 3 aromatic rings. The molecular formula is C20H15BrFNO4S2. The Morgan fingerprint density at radius 2 is 1.93 bits per heavy atom. The van der Waals surface area contributed by atoms with Gasteiger partial charge >= 0.3 is 0 Å². The van der Waals surface area contributed by atoms with Gasteiger partial charge in [0.2, 0.25) is 15.7 Å². The van der Waals surface area contributed by atoms with E-state index in [4.69, 9.17) is 4.74 Å². The molecule has 0 aliphatic carbocycles. The molecule has 1 N–H and O–H groups in total. The van der Waals surface area contributed by atoms with Crippen LogP contribution in [-0.2, 0) is 14.6 Å². The van der Waals surface area contributed by atoms with Crippen LogP contribution < -0.4 is 10.1 Å². The number of thiophene rings is 1. The molecule has 0 saturated heterocycles. The van der Waals surface area contributed by atoms with Crippen molar-refractivity contribution in [2.75, 3.05) is 12.4 Å². The van der Waals surface area contributed by atoms with Crippen molar-refractivity contribution in [2.24, 2.45) is 0 Å². The number of fused-ring (bicyclic) bond motifs is 1. The minimum atomic E-state index is -3.87. The molecule has 2 heterocycles. The molecule has 9 heteroatoms. The molecule has 2 aromatic carbocycles. The quantitative estimate of drug-likeness (QED) is 0.554. The zero-order valence-corrected chi connectivity index (χ0v) is 18.3. The highest BCUT2D eigenvalue weighted by Gasteiger charge is 2.35. The van der Waals surface area contributed by atoms with E-state index in [1.165, 1.54) is 42.0 Å². The molecule has 0 saturated carbocycles. The first-order valence-corrected chi connectivity index (χ1v) is 11.7. The molecule has 150 valence electrons. The summed E-state index contributed by atoms with van der Waals surface area (Å²) in [6.45, 7) is 0. The van der Waals surface area contributed by atoms with Crippen LogP contribution in [0.25, 0.3) is 0 Å². The number of sulfone groups is 1. The average Bonchev–Trinajstić information content (AvgIpc) is 3.14. The van der Waals surface area contributed by atoms with E-state index in [0.717, 1.165) is 0 Å². The highest BCUT2D eigenvalue weighted by atomic mass is 79.9. The van der Waals surface area contributed by atoms with E-state index in [1.54, 1.807) is 24.3 Å². The maximum Gasteiger partial charge on any atom is 0.225 e. The van der Waals surface area contributed by atoms with E-state index in [1.807, 2.05) is 0 Å². The van der Waals surface area contributed by atoms with Gasteiger partial charge in [0.1, 0.15) is 16.5 Å². The molecule has 5 nitrogen and oxygen atoms in total. The lowest BCUT2D eigenvalue weighted by Gasteiger charge is -2.24. The van der Waals surface area contributed by atoms with Crippen LogP contribution >= 0.6 is 27.3 Å². The number of amides is 1. The van der Waals surface area contributed by atoms with Crippen molar-refractivity contribution in [1.29, 1.82) is 0 Å². The van der Waals surface area contributed by atoms with Gasteiger partial charge in [-0.15, -0.1) is 11.3 Å². The van der Waals surface area contributed by atoms with Gasteiger partial charge in [-0.25, -0.2) is 12.8 Å². The lowest BCUT2D eigenvalue weighted by molar-refractivity contribution is -0.116. The molecule has 0 unspecified atom stereocenters. The molecule has 1 aliphatic rings. The second-order valence-corrected chi connectivity index (χ2v) is 10.2. The Balaban J connectivity index is 1.82. The molecule has 0 radical (unpaired) electrons. The number of benzene rings is 2. The van der Waals surface area contributed by atoms with Crippen LogP contribution in [0.3, 0.4) is 0 Å². The summed E-state index contributed by atoms with van der Waals surface area (Å²) in [5.41, 5.74) is 0.581. The van der Waals surface area contributed by atoms with Gasteiger partial charge in [0.15, 0.2) is 0 Å². The lowest BCUT2D eigenvalue weighted by atomic mass is 9.90. The standard InChI is InChI=1S/C20H15BrFNO4S2/c1-27-12-3-5-13(6-4-12)29(25,26)17-10-28-20-15(9-18(24)23-19(17)20)14-8-11(21)2-7-16(14)22/h2-8,10,15H,9H2,1H3,(H,23,24)/t15-/m0/s1. The Bertz CT molecular complexity index is 1210. The first-order valence-electron chi connectivity index (χ1n) is 8.56. The monoisotopic (exact) mass is 495 g/mol. The smallest absolute Gasteiger partial charge is 0.225 e. The highest BCUT2D eigenvalue weighted by molar-refractivity contribution is 9.10. The minimum Gasteiger partial charge on any atom is -0.497 e. The maximum atomic E-state index is 14.5. The van der Waals surface area contributed by atoms with Gasteiger partial charge in [0, 0.05) is 27.1 Å². The summed E-state index contributed by atoms with van der Waals surface area (Å²) >= 11 is 4.53. The molecule has 0 bridgehead atoms. The predicted molar refractivity (Wildman–Crippen MR) is 112 cm³/mol. The summed E-state index contributed by atoms with van der Waals surface area (Å²) in [4.78, 5) is 13.1. The van der Waals surface area contributed by atoms with E-state index in [2.05, 4.69) is 21.2 Å². The number of nitrogens with one attached hydrogen (secondary N) is 1. The number of hydrogen-bond donors (Lipinski definition) is 1. The number of halogens is 2. The summed E-state index contributed by atoms with van der Waals surface area (Å²) in [5.74, 6) is -0.811. The average molecular weight is 496 g/mol. The topological polar surface area (TPSA) is 72.5 Å². The van der Waals surface area contributed by atoms with E-state index in [0.29, 0.717) is 20.7 Å². The molecular weight excluding hydrogens is 481 g/mol. The van der Waals surface area contributed by atoms with Gasteiger partial charge in [-0.05, 0) is 48.0 Å². The Kier molecular flexibility index (Phi) is 5.22. The van der Waals surface area contributed by atoms with Crippen molar-refractivity contribution in [3.63, 3.8) is 0 Å². The summed E-state index contributed by atoms with van der Waals surface area (Å²) in [6.07, 6.45) is 0.0446. The Labute approximate surface area is 179 Å². The molecule has 1 aromatic heterocycles. The highest BCUT2D eigenvalue weighted by Crippen LogP contribution is 2.46. The molecule has 1 atom stereocenters. The molecule has 0 fully saturated rings. The number of carbonyl (C=O) groups excluding carboxylic acids is 1. The van der Waals surface area contributed by atoms with Gasteiger partial charge in [-0.2, -0.15) is 0 Å². The van der Waals surface area contributed by atoms with Crippen molar-refractivity contribution < 1.29 is 22.3 Å². The fourth-order valence-corrected chi connectivity index (χ4v) is 6.59. The SMILES string of the molecule is COc1ccc(S(=O)(=O)c2csc3c2NC(=O)C[C@H]3c2cc(Br)ccc2F)cc1. The van der Waals surface area contributed by atoms with Crippen LogP contribution in [-0.4, -0.2) is 21.4 Å². The van der Waals surface area contributed by atoms with Gasteiger partial charge in [0.05, 0.1) is 17.7 Å².